The Labute approximate surface area is 144 Å². The molecule has 2 aliphatic heterocycles. The van der Waals surface area contributed by atoms with Gasteiger partial charge in [0.05, 0.1) is 12.2 Å². The highest BCUT2D eigenvalue weighted by Crippen LogP contribution is 2.28. The van der Waals surface area contributed by atoms with Crippen LogP contribution >= 0.6 is 0 Å². The second-order valence-corrected chi connectivity index (χ2v) is 7.25. The number of anilines is 1. The lowest BCUT2D eigenvalue weighted by Crippen LogP contribution is -2.41. The van der Waals surface area contributed by atoms with Crippen molar-refractivity contribution < 1.29 is 4.79 Å². The summed E-state index contributed by atoms with van der Waals surface area (Å²) in [6.45, 7) is 6.61. The van der Waals surface area contributed by atoms with E-state index in [0.717, 1.165) is 56.4 Å². The van der Waals surface area contributed by atoms with Crippen LogP contribution in [0.4, 0.5) is 5.82 Å². The van der Waals surface area contributed by atoms with Gasteiger partial charge in [-0.05, 0) is 39.2 Å². The Morgan fingerprint density at radius 3 is 2.67 bits per heavy atom. The fraction of sp³-hybridized carbons (Fsp3) is 0.722. The molecule has 3 rings (SSSR count). The van der Waals surface area contributed by atoms with Crippen LogP contribution in [0.2, 0.25) is 0 Å². The first-order valence-electron chi connectivity index (χ1n) is 9.06. The lowest BCUT2D eigenvalue weighted by molar-refractivity contribution is -0.130. The fourth-order valence-corrected chi connectivity index (χ4v) is 3.67. The van der Waals surface area contributed by atoms with E-state index < -0.39 is 0 Å². The van der Waals surface area contributed by atoms with Crippen LogP contribution in [0, 0.1) is 6.92 Å². The van der Waals surface area contributed by atoms with E-state index >= 15 is 0 Å². The molecule has 1 atom stereocenters. The Balaban J connectivity index is 1.72. The van der Waals surface area contributed by atoms with Gasteiger partial charge in [0.25, 0.3) is 0 Å². The highest BCUT2D eigenvalue weighted by Gasteiger charge is 2.25. The lowest BCUT2D eigenvalue weighted by Gasteiger charge is -2.33. The first kappa shape index (κ1) is 17.1. The predicted molar refractivity (Wildman–Crippen MR) is 95.3 cm³/mol. The van der Waals surface area contributed by atoms with E-state index in [1.165, 1.54) is 12.8 Å². The molecular weight excluding hydrogens is 302 g/mol. The number of aryl methyl sites for hydroxylation is 1. The lowest BCUT2D eigenvalue weighted by atomic mass is 9.94. The number of carbonyl (C=O) groups excluding carboxylic acids is 1. The molecule has 1 aromatic heterocycles. The monoisotopic (exact) mass is 331 g/mol. The summed E-state index contributed by atoms with van der Waals surface area (Å²) in [6.07, 6.45) is 4.76. The maximum absolute atomic E-state index is 12.0. The number of amides is 1. The first-order chi connectivity index (χ1) is 11.5. The van der Waals surface area contributed by atoms with E-state index in [9.17, 15) is 4.79 Å². The normalized spacial score (nSPS) is 22.0. The molecule has 0 bridgehead atoms. The molecular formula is C18H29N5O. The summed E-state index contributed by atoms with van der Waals surface area (Å²) in [7, 11) is 3.64. The van der Waals surface area contributed by atoms with Gasteiger partial charge in [0.15, 0.2) is 0 Å². The number of rotatable bonds is 4. The average Bonchev–Trinajstić information content (AvgIpc) is 3.09. The molecule has 3 heterocycles. The molecule has 24 heavy (non-hydrogen) atoms. The highest BCUT2D eigenvalue weighted by molar-refractivity contribution is 5.77. The van der Waals surface area contributed by atoms with Gasteiger partial charge in [0.2, 0.25) is 5.91 Å². The third-order valence-corrected chi connectivity index (χ3v) is 5.06. The van der Waals surface area contributed by atoms with Crippen LogP contribution in [0.15, 0.2) is 6.07 Å². The highest BCUT2D eigenvalue weighted by atomic mass is 16.2. The number of hydrogen-bond donors (Lipinski definition) is 0. The van der Waals surface area contributed by atoms with Crippen LogP contribution in [0.25, 0.3) is 0 Å². The summed E-state index contributed by atoms with van der Waals surface area (Å²) >= 11 is 0. The van der Waals surface area contributed by atoms with Crippen molar-refractivity contribution in [3.8, 4) is 0 Å². The molecule has 0 aromatic carbocycles. The molecule has 0 N–H and O–H groups in total. The molecule has 0 unspecified atom stereocenters. The number of carbonyl (C=O) groups is 1. The molecule has 1 amide bonds. The van der Waals surface area contributed by atoms with Gasteiger partial charge in [0.1, 0.15) is 11.6 Å². The van der Waals surface area contributed by atoms with Crippen molar-refractivity contribution in [2.24, 2.45) is 0 Å². The first-order valence-corrected chi connectivity index (χ1v) is 9.06. The van der Waals surface area contributed by atoms with E-state index in [4.69, 9.17) is 4.98 Å². The summed E-state index contributed by atoms with van der Waals surface area (Å²) in [5, 5.41) is 0. The zero-order chi connectivity index (χ0) is 17.1. The van der Waals surface area contributed by atoms with Gasteiger partial charge < -0.3 is 9.80 Å². The van der Waals surface area contributed by atoms with E-state index in [2.05, 4.69) is 20.9 Å². The van der Waals surface area contributed by atoms with Crippen LogP contribution in [-0.2, 0) is 4.79 Å². The van der Waals surface area contributed by atoms with Gasteiger partial charge in [-0.2, -0.15) is 0 Å². The molecule has 0 radical (unpaired) electrons. The van der Waals surface area contributed by atoms with Crippen molar-refractivity contribution in [1.29, 1.82) is 0 Å². The maximum Gasteiger partial charge on any atom is 0.236 e. The minimum Gasteiger partial charge on any atom is -0.357 e. The van der Waals surface area contributed by atoms with Gasteiger partial charge in [0, 0.05) is 45.7 Å². The zero-order valence-corrected chi connectivity index (χ0v) is 15.2. The van der Waals surface area contributed by atoms with Crippen molar-refractivity contribution >= 4 is 11.7 Å². The van der Waals surface area contributed by atoms with Gasteiger partial charge in [-0.25, -0.2) is 9.97 Å². The van der Waals surface area contributed by atoms with E-state index in [0.29, 0.717) is 12.5 Å². The topological polar surface area (TPSA) is 52.6 Å². The van der Waals surface area contributed by atoms with E-state index in [1.807, 2.05) is 21.0 Å². The SMILES string of the molecule is Cc1nc([C@@H]2CCCN(CC(=O)N(C)C)C2)cc(N2CCCC2)n1. The van der Waals surface area contributed by atoms with E-state index in [1.54, 1.807) is 4.90 Å². The predicted octanol–water partition coefficient (Wildman–Crippen LogP) is 1.65. The Bertz CT molecular complexity index is 583. The second kappa shape index (κ2) is 7.47. The summed E-state index contributed by atoms with van der Waals surface area (Å²) < 4.78 is 0. The molecule has 6 heteroatoms. The van der Waals surface area contributed by atoms with Crippen molar-refractivity contribution in [1.82, 2.24) is 19.8 Å². The number of piperidine rings is 1. The standard InChI is InChI=1S/C18H29N5O/c1-14-19-16(11-17(20-14)23-9-4-5-10-23)15-7-6-8-22(12-15)13-18(24)21(2)3/h11,15H,4-10,12-13H2,1-3H3/t15-/m1/s1. The summed E-state index contributed by atoms with van der Waals surface area (Å²) in [5.74, 6) is 2.51. The average molecular weight is 331 g/mol. The van der Waals surface area contributed by atoms with Crippen molar-refractivity contribution in [3.63, 3.8) is 0 Å². The summed E-state index contributed by atoms with van der Waals surface area (Å²) in [6, 6.07) is 2.18. The molecule has 2 aliphatic rings. The fourth-order valence-electron chi connectivity index (χ4n) is 3.67. The van der Waals surface area contributed by atoms with Crippen molar-refractivity contribution in [3.05, 3.63) is 17.6 Å². The number of aromatic nitrogens is 2. The van der Waals surface area contributed by atoms with Crippen molar-refractivity contribution in [2.45, 2.75) is 38.5 Å². The number of likely N-dealkylation sites (N-methyl/N-ethyl adjacent to an activating group) is 1. The number of likely N-dealkylation sites (tertiary alicyclic amines) is 1. The molecule has 0 aliphatic carbocycles. The molecule has 0 saturated carbocycles. The smallest absolute Gasteiger partial charge is 0.236 e. The zero-order valence-electron chi connectivity index (χ0n) is 15.2. The Morgan fingerprint density at radius 1 is 1.21 bits per heavy atom. The van der Waals surface area contributed by atoms with Crippen LogP contribution in [0.5, 0.6) is 0 Å². The van der Waals surface area contributed by atoms with Crippen LogP contribution in [-0.4, -0.2) is 72.5 Å². The summed E-state index contributed by atoms with van der Waals surface area (Å²) in [4.78, 5) is 27.7. The quantitative estimate of drug-likeness (QED) is 0.840. The third-order valence-electron chi connectivity index (χ3n) is 5.06. The molecule has 6 nitrogen and oxygen atoms in total. The minimum absolute atomic E-state index is 0.173. The Morgan fingerprint density at radius 2 is 1.96 bits per heavy atom. The maximum atomic E-state index is 12.0. The third kappa shape index (κ3) is 4.04. The number of nitrogens with zero attached hydrogens (tertiary/aromatic N) is 5. The number of hydrogen-bond acceptors (Lipinski definition) is 5. The van der Waals surface area contributed by atoms with Gasteiger partial charge in [-0.3, -0.25) is 9.69 Å². The van der Waals surface area contributed by atoms with Gasteiger partial charge >= 0.3 is 0 Å². The van der Waals surface area contributed by atoms with Crippen LogP contribution < -0.4 is 4.90 Å². The van der Waals surface area contributed by atoms with Gasteiger partial charge in [-0.15, -0.1) is 0 Å². The molecule has 2 saturated heterocycles. The molecule has 2 fully saturated rings. The van der Waals surface area contributed by atoms with E-state index in [-0.39, 0.29) is 5.91 Å². The largest absolute Gasteiger partial charge is 0.357 e. The minimum atomic E-state index is 0.173. The second-order valence-electron chi connectivity index (χ2n) is 7.25. The molecule has 1 aromatic rings. The molecule has 132 valence electrons. The summed E-state index contributed by atoms with van der Waals surface area (Å²) in [5.41, 5.74) is 1.14. The van der Waals surface area contributed by atoms with Crippen molar-refractivity contribution in [2.75, 3.05) is 51.7 Å². The Hall–Kier alpha value is -1.69. The molecule has 0 spiro atoms. The Kier molecular flexibility index (Phi) is 5.33. The van der Waals surface area contributed by atoms with Crippen LogP contribution in [0.3, 0.4) is 0 Å². The van der Waals surface area contributed by atoms with Gasteiger partial charge in [-0.1, -0.05) is 0 Å². The van der Waals surface area contributed by atoms with Crippen LogP contribution in [0.1, 0.15) is 43.1 Å².